The number of aryl methyl sites for hydroxylation is 1. The van der Waals surface area contributed by atoms with Crippen LogP contribution in [-0.2, 0) is 13.0 Å². The second-order valence-electron chi connectivity index (χ2n) is 3.19. The van der Waals surface area contributed by atoms with Crippen molar-refractivity contribution in [2.45, 2.75) is 19.9 Å². The molecule has 4 heteroatoms. The molecule has 0 saturated heterocycles. The number of nitrogens with one attached hydrogen (secondary N) is 1. The molecule has 1 aromatic carbocycles. The minimum atomic E-state index is 0.805. The molecule has 15 heavy (non-hydrogen) atoms. The number of aromatic nitrogens is 2. The molecule has 0 spiro atoms. The second-order valence-corrected chi connectivity index (χ2v) is 4.26. The molecule has 0 aliphatic heterocycles. The van der Waals surface area contributed by atoms with Crippen LogP contribution >= 0.6 is 11.3 Å². The summed E-state index contributed by atoms with van der Waals surface area (Å²) in [6.07, 6.45) is 0.949. The molecule has 0 unspecified atom stereocenters. The molecule has 3 nitrogen and oxygen atoms in total. The van der Waals surface area contributed by atoms with E-state index in [1.807, 2.05) is 18.2 Å². The predicted octanol–water partition coefficient (Wildman–Crippen LogP) is 2.71. The molecule has 1 N–H and O–H groups in total. The van der Waals surface area contributed by atoms with Crippen molar-refractivity contribution in [2.75, 3.05) is 5.32 Å². The Morgan fingerprint density at radius 1 is 1.20 bits per heavy atom. The van der Waals surface area contributed by atoms with Gasteiger partial charge in [-0.2, -0.15) is 0 Å². The van der Waals surface area contributed by atoms with Crippen molar-refractivity contribution in [2.24, 2.45) is 0 Å². The highest BCUT2D eigenvalue weighted by Gasteiger charge is 2.00. The van der Waals surface area contributed by atoms with Gasteiger partial charge in [0.05, 0.1) is 0 Å². The third-order valence-electron chi connectivity index (χ3n) is 2.06. The summed E-state index contributed by atoms with van der Waals surface area (Å²) < 4.78 is 0. The lowest BCUT2D eigenvalue weighted by Gasteiger charge is -2.00. The maximum absolute atomic E-state index is 4.06. The smallest absolute Gasteiger partial charge is 0.205 e. The topological polar surface area (TPSA) is 37.8 Å². The largest absolute Gasteiger partial charge is 0.356 e. The van der Waals surface area contributed by atoms with Gasteiger partial charge in [0.1, 0.15) is 5.01 Å². The van der Waals surface area contributed by atoms with Gasteiger partial charge in [-0.15, -0.1) is 10.2 Å². The quantitative estimate of drug-likeness (QED) is 0.859. The molecule has 0 radical (unpaired) electrons. The van der Waals surface area contributed by atoms with Gasteiger partial charge in [0, 0.05) is 6.54 Å². The van der Waals surface area contributed by atoms with Crippen molar-refractivity contribution in [3.63, 3.8) is 0 Å². The average Bonchev–Trinajstić information content (AvgIpc) is 2.76. The van der Waals surface area contributed by atoms with Crippen LogP contribution in [-0.4, -0.2) is 10.2 Å². The number of nitrogens with zero attached hydrogens (tertiary/aromatic N) is 2. The summed E-state index contributed by atoms with van der Waals surface area (Å²) in [5, 5.41) is 13.3. The normalized spacial score (nSPS) is 10.2. The Balaban J connectivity index is 1.93. The Morgan fingerprint density at radius 3 is 2.67 bits per heavy atom. The van der Waals surface area contributed by atoms with Crippen molar-refractivity contribution in [1.29, 1.82) is 0 Å². The fraction of sp³-hybridized carbons (Fsp3) is 0.273. The van der Waals surface area contributed by atoms with E-state index in [0.29, 0.717) is 0 Å². The van der Waals surface area contributed by atoms with Crippen LogP contribution in [0.3, 0.4) is 0 Å². The van der Waals surface area contributed by atoms with E-state index in [0.717, 1.165) is 23.1 Å². The molecule has 0 saturated carbocycles. The molecule has 0 fully saturated rings. The van der Waals surface area contributed by atoms with Gasteiger partial charge in [-0.05, 0) is 12.0 Å². The van der Waals surface area contributed by atoms with Crippen molar-refractivity contribution >= 4 is 16.5 Å². The lowest BCUT2D eigenvalue weighted by molar-refractivity contribution is 0.975. The average molecular weight is 219 g/mol. The molecular weight excluding hydrogens is 206 g/mol. The van der Waals surface area contributed by atoms with E-state index in [1.54, 1.807) is 11.3 Å². The summed E-state index contributed by atoms with van der Waals surface area (Å²) >= 11 is 1.62. The number of rotatable bonds is 4. The van der Waals surface area contributed by atoms with Crippen molar-refractivity contribution in [3.8, 4) is 0 Å². The molecule has 2 rings (SSSR count). The Morgan fingerprint density at radius 2 is 2.00 bits per heavy atom. The molecule has 0 amide bonds. The van der Waals surface area contributed by atoms with E-state index in [4.69, 9.17) is 0 Å². The number of hydrogen-bond acceptors (Lipinski definition) is 4. The second kappa shape index (κ2) is 4.89. The molecule has 1 heterocycles. The fourth-order valence-electron chi connectivity index (χ4n) is 1.24. The van der Waals surface area contributed by atoms with Crippen LogP contribution < -0.4 is 5.32 Å². The van der Waals surface area contributed by atoms with E-state index < -0.39 is 0 Å². The minimum Gasteiger partial charge on any atom is -0.356 e. The molecule has 0 atom stereocenters. The van der Waals surface area contributed by atoms with Crippen LogP contribution in [0, 0.1) is 0 Å². The molecule has 78 valence electrons. The van der Waals surface area contributed by atoms with E-state index in [2.05, 4.69) is 34.6 Å². The van der Waals surface area contributed by atoms with Gasteiger partial charge in [-0.3, -0.25) is 0 Å². The molecule has 0 aliphatic carbocycles. The summed E-state index contributed by atoms with van der Waals surface area (Å²) in [5.74, 6) is 0. The monoisotopic (exact) mass is 219 g/mol. The SMILES string of the molecule is CCc1nnc(NCc2ccccc2)s1. The third kappa shape index (κ3) is 2.76. The minimum absolute atomic E-state index is 0.805. The summed E-state index contributed by atoms with van der Waals surface area (Å²) in [7, 11) is 0. The highest BCUT2D eigenvalue weighted by molar-refractivity contribution is 7.15. The van der Waals surface area contributed by atoms with Gasteiger partial charge >= 0.3 is 0 Å². The first-order chi connectivity index (χ1) is 7.38. The summed E-state index contributed by atoms with van der Waals surface area (Å²) in [6, 6.07) is 10.3. The maximum Gasteiger partial charge on any atom is 0.205 e. The lowest BCUT2D eigenvalue weighted by atomic mass is 10.2. The molecule has 2 aromatic rings. The highest BCUT2D eigenvalue weighted by atomic mass is 32.1. The maximum atomic E-state index is 4.06. The van der Waals surface area contributed by atoms with Crippen LogP contribution in [0.2, 0.25) is 0 Å². The Bertz CT molecular complexity index is 411. The van der Waals surface area contributed by atoms with E-state index >= 15 is 0 Å². The molecule has 0 aliphatic rings. The standard InChI is InChI=1S/C11H13N3S/c1-2-10-13-14-11(15-10)12-8-9-6-4-3-5-7-9/h3-7H,2,8H2,1H3,(H,12,14). The molecule has 0 bridgehead atoms. The van der Waals surface area contributed by atoms with Crippen molar-refractivity contribution in [1.82, 2.24) is 10.2 Å². The number of anilines is 1. The molecule has 1 aromatic heterocycles. The fourth-order valence-corrected chi connectivity index (χ4v) is 1.92. The lowest BCUT2D eigenvalue weighted by Crippen LogP contribution is -1.98. The summed E-state index contributed by atoms with van der Waals surface area (Å²) in [5.41, 5.74) is 1.26. The predicted molar refractivity (Wildman–Crippen MR) is 63.1 cm³/mol. The first-order valence-corrected chi connectivity index (χ1v) is 5.80. The Kier molecular flexibility index (Phi) is 3.29. The molecular formula is C11H13N3S. The van der Waals surface area contributed by atoms with Gasteiger partial charge in [-0.1, -0.05) is 48.6 Å². The zero-order chi connectivity index (χ0) is 10.5. The van der Waals surface area contributed by atoms with E-state index in [1.165, 1.54) is 5.56 Å². The zero-order valence-corrected chi connectivity index (χ0v) is 9.42. The number of hydrogen-bond donors (Lipinski definition) is 1. The van der Waals surface area contributed by atoms with E-state index in [-0.39, 0.29) is 0 Å². The van der Waals surface area contributed by atoms with Gasteiger partial charge < -0.3 is 5.32 Å². The highest BCUT2D eigenvalue weighted by Crippen LogP contribution is 2.16. The van der Waals surface area contributed by atoms with Gasteiger partial charge in [0.15, 0.2) is 0 Å². The van der Waals surface area contributed by atoms with Gasteiger partial charge in [0.2, 0.25) is 5.13 Å². The van der Waals surface area contributed by atoms with Crippen LogP contribution in [0.15, 0.2) is 30.3 Å². The van der Waals surface area contributed by atoms with Crippen LogP contribution in [0.1, 0.15) is 17.5 Å². The van der Waals surface area contributed by atoms with Crippen molar-refractivity contribution < 1.29 is 0 Å². The number of benzene rings is 1. The summed E-state index contributed by atoms with van der Waals surface area (Å²) in [6.45, 7) is 2.89. The van der Waals surface area contributed by atoms with Gasteiger partial charge in [-0.25, -0.2) is 0 Å². The van der Waals surface area contributed by atoms with Crippen LogP contribution in [0.25, 0.3) is 0 Å². The van der Waals surface area contributed by atoms with Crippen LogP contribution in [0.4, 0.5) is 5.13 Å². The van der Waals surface area contributed by atoms with E-state index in [9.17, 15) is 0 Å². The van der Waals surface area contributed by atoms with Crippen molar-refractivity contribution in [3.05, 3.63) is 40.9 Å². The first-order valence-electron chi connectivity index (χ1n) is 4.98. The van der Waals surface area contributed by atoms with Gasteiger partial charge in [0.25, 0.3) is 0 Å². The third-order valence-corrected chi connectivity index (χ3v) is 3.08. The van der Waals surface area contributed by atoms with Crippen LogP contribution in [0.5, 0.6) is 0 Å². The zero-order valence-electron chi connectivity index (χ0n) is 8.60. The summed E-state index contributed by atoms with van der Waals surface area (Å²) in [4.78, 5) is 0. The Labute approximate surface area is 93.2 Å². The Hall–Kier alpha value is -1.42. The first kappa shape index (κ1) is 10.1.